The summed E-state index contributed by atoms with van der Waals surface area (Å²) in [5.41, 5.74) is 3.96. The monoisotopic (exact) mass is 255 g/mol. The third-order valence-electron chi connectivity index (χ3n) is 3.60. The zero-order valence-electron chi connectivity index (χ0n) is 11.1. The molecule has 0 aliphatic heterocycles. The fourth-order valence-corrected chi connectivity index (χ4v) is 2.18. The third kappa shape index (κ3) is 3.02. The number of halogens is 1. The number of aryl methyl sites for hydroxylation is 1. The van der Waals surface area contributed by atoms with Gasteiger partial charge < -0.3 is 5.32 Å². The van der Waals surface area contributed by atoms with E-state index in [0.717, 1.165) is 17.7 Å². The van der Waals surface area contributed by atoms with Gasteiger partial charge in [0.15, 0.2) is 0 Å². The lowest BCUT2D eigenvalue weighted by Gasteiger charge is -2.07. The molecule has 0 heterocycles. The molecule has 19 heavy (non-hydrogen) atoms. The van der Waals surface area contributed by atoms with Crippen molar-refractivity contribution in [2.75, 3.05) is 0 Å². The first-order valence-electron chi connectivity index (χ1n) is 6.81. The molecule has 1 N–H and O–H groups in total. The summed E-state index contributed by atoms with van der Waals surface area (Å²) in [6, 6.07) is 14.5. The molecule has 1 aliphatic rings. The van der Waals surface area contributed by atoms with Crippen molar-refractivity contribution < 1.29 is 4.39 Å². The highest BCUT2D eigenvalue weighted by molar-refractivity contribution is 5.64. The van der Waals surface area contributed by atoms with E-state index in [-0.39, 0.29) is 5.82 Å². The second-order valence-electron chi connectivity index (χ2n) is 5.32. The highest BCUT2D eigenvalue weighted by Crippen LogP contribution is 2.24. The maximum absolute atomic E-state index is 13.6. The van der Waals surface area contributed by atoms with Crippen molar-refractivity contribution in [3.05, 3.63) is 59.4 Å². The van der Waals surface area contributed by atoms with Gasteiger partial charge in [-0.1, -0.05) is 30.3 Å². The Hall–Kier alpha value is -1.67. The largest absolute Gasteiger partial charge is 0.310 e. The van der Waals surface area contributed by atoms with Crippen molar-refractivity contribution in [3.8, 4) is 11.1 Å². The molecule has 2 aromatic carbocycles. The molecule has 0 spiro atoms. The maximum Gasteiger partial charge on any atom is 0.126 e. The Morgan fingerprint density at radius 2 is 1.89 bits per heavy atom. The van der Waals surface area contributed by atoms with Gasteiger partial charge in [-0.25, -0.2) is 4.39 Å². The Kier molecular flexibility index (Phi) is 3.34. The normalized spacial score (nSPS) is 14.6. The van der Waals surface area contributed by atoms with E-state index in [0.29, 0.717) is 11.6 Å². The molecule has 0 saturated heterocycles. The van der Waals surface area contributed by atoms with Crippen LogP contribution >= 0.6 is 0 Å². The lowest BCUT2D eigenvalue weighted by atomic mass is 10.0. The molecule has 1 fully saturated rings. The predicted molar refractivity (Wildman–Crippen MR) is 76.4 cm³/mol. The van der Waals surface area contributed by atoms with Crippen molar-refractivity contribution >= 4 is 0 Å². The highest BCUT2D eigenvalue weighted by atomic mass is 19.1. The van der Waals surface area contributed by atoms with E-state index in [1.807, 2.05) is 24.3 Å². The number of hydrogen-bond acceptors (Lipinski definition) is 1. The molecule has 1 nitrogen and oxygen atoms in total. The van der Waals surface area contributed by atoms with Crippen molar-refractivity contribution in [2.24, 2.45) is 0 Å². The Morgan fingerprint density at radius 1 is 1.11 bits per heavy atom. The fraction of sp³-hybridized carbons (Fsp3) is 0.294. The average molecular weight is 255 g/mol. The van der Waals surface area contributed by atoms with Crippen molar-refractivity contribution in [3.63, 3.8) is 0 Å². The second-order valence-corrected chi connectivity index (χ2v) is 5.32. The van der Waals surface area contributed by atoms with E-state index in [1.54, 1.807) is 13.0 Å². The van der Waals surface area contributed by atoms with Crippen LogP contribution in [-0.4, -0.2) is 6.04 Å². The van der Waals surface area contributed by atoms with Gasteiger partial charge in [0.1, 0.15) is 5.82 Å². The molecule has 0 amide bonds. The highest BCUT2D eigenvalue weighted by Gasteiger charge is 2.19. The zero-order valence-corrected chi connectivity index (χ0v) is 11.1. The summed E-state index contributed by atoms with van der Waals surface area (Å²) in [6.07, 6.45) is 2.59. The third-order valence-corrected chi connectivity index (χ3v) is 3.60. The first-order valence-corrected chi connectivity index (χ1v) is 6.81. The first-order chi connectivity index (χ1) is 9.22. The van der Waals surface area contributed by atoms with Gasteiger partial charge in [0.2, 0.25) is 0 Å². The lowest BCUT2D eigenvalue weighted by Crippen LogP contribution is -2.15. The van der Waals surface area contributed by atoms with Gasteiger partial charge in [-0.3, -0.25) is 0 Å². The van der Waals surface area contributed by atoms with E-state index >= 15 is 0 Å². The minimum absolute atomic E-state index is 0.140. The molecular weight excluding hydrogens is 237 g/mol. The molecule has 2 heteroatoms. The van der Waals surface area contributed by atoms with Crippen LogP contribution in [0.4, 0.5) is 4.39 Å². The van der Waals surface area contributed by atoms with Gasteiger partial charge in [-0.2, -0.15) is 0 Å². The molecule has 0 atom stereocenters. The van der Waals surface area contributed by atoms with Gasteiger partial charge in [0.05, 0.1) is 0 Å². The molecule has 2 aromatic rings. The molecule has 1 saturated carbocycles. The molecule has 3 rings (SSSR count). The van der Waals surface area contributed by atoms with Gasteiger partial charge in [-0.15, -0.1) is 0 Å². The van der Waals surface area contributed by atoms with Crippen LogP contribution in [-0.2, 0) is 6.54 Å². The van der Waals surface area contributed by atoms with Crippen LogP contribution in [0.3, 0.4) is 0 Å². The van der Waals surface area contributed by atoms with E-state index in [4.69, 9.17) is 0 Å². The number of nitrogens with one attached hydrogen (secondary N) is 1. The van der Waals surface area contributed by atoms with E-state index in [1.165, 1.54) is 18.4 Å². The van der Waals surface area contributed by atoms with Crippen LogP contribution < -0.4 is 5.32 Å². The lowest BCUT2D eigenvalue weighted by molar-refractivity contribution is 0.619. The number of hydrogen-bond donors (Lipinski definition) is 1. The molecular formula is C17H18FN. The summed E-state index contributed by atoms with van der Waals surface area (Å²) < 4.78 is 13.6. The maximum atomic E-state index is 13.6. The standard InChI is InChI=1S/C17H18FN/c1-12-5-6-15(10-17(12)18)14-4-2-3-13(9-14)11-19-16-7-8-16/h2-6,9-10,16,19H,7-8,11H2,1H3. The first kappa shape index (κ1) is 12.4. The second kappa shape index (κ2) is 5.14. The zero-order chi connectivity index (χ0) is 13.2. The molecule has 0 aromatic heterocycles. The van der Waals surface area contributed by atoms with Crippen LogP contribution in [0.15, 0.2) is 42.5 Å². The van der Waals surface area contributed by atoms with E-state index in [2.05, 4.69) is 17.4 Å². The predicted octanol–water partition coefficient (Wildman–Crippen LogP) is 4.05. The molecule has 0 unspecified atom stereocenters. The van der Waals surface area contributed by atoms with Gasteiger partial charge in [0.25, 0.3) is 0 Å². The van der Waals surface area contributed by atoms with E-state index in [9.17, 15) is 4.39 Å². The Balaban J connectivity index is 1.82. The minimum Gasteiger partial charge on any atom is -0.310 e. The summed E-state index contributed by atoms with van der Waals surface area (Å²) in [4.78, 5) is 0. The molecule has 1 aliphatic carbocycles. The van der Waals surface area contributed by atoms with Crippen molar-refractivity contribution in [1.29, 1.82) is 0 Å². The van der Waals surface area contributed by atoms with Crippen molar-refractivity contribution in [1.82, 2.24) is 5.32 Å². The van der Waals surface area contributed by atoms with Crippen LogP contribution in [0.25, 0.3) is 11.1 Å². The van der Waals surface area contributed by atoms with Gasteiger partial charge in [0, 0.05) is 12.6 Å². The summed E-state index contributed by atoms with van der Waals surface area (Å²) in [5, 5.41) is 3.50. The Morgan fingerprint density at radius 3 is 2.63 bits per heavy atom. The fourth-order valence-electron chi connectivity index (χ4n) is 2.18. The quantitative estimate of drug-likeness (QED) is 0.869. The van der Waals surface area contributed by atoms with Crippen molar-refractivity contribution in [2.45, 2.75) is 32.4 Å². The molecule has 98 valence electrons. The Labute approximate surface area is 113 Å². The summed E-state index contributed by atoms with van der Waals surface area (Å²) >= 11 is 0. The summed E-state index contributed by atoms with van der Waals surface area (Å²) in [5.74, 6) is -0.140. The van der Waals surface area contributed by atoms with Crippen LogP contribution in [0.2, 0.25) is 0 Å². The summed E-state index contributed by atoms with van der Waals surface area (Å²) in [6.45, 7) is 2.68. The van der Waals surface area contributed by atoms with Gasteiger partial charge >= 0.3 is 0 Å². The smallest absolute Gasteiger partial charge is 0.126 e. The SMILES string of the molecule is Cc1ccc(-c2cccc(CNC3CC3)c2)cc1F. The number of benzene rings is 2. The van der Waals surface area contributed by atoms with Crippen LogP contribution in [0, 0.1) is 12.7 Å². The molecule has 0 radical (unpaired) electrons. The number of rotatable bonds is 4. The summed E-state index contributed by atoms with van der Waals surface area (Å²) in [7, 11) is 0. The minimum atomic E-state index is -0.140. The van der Waals surface area contributed by atoms with Gasteiger partial charge in [-0.05, 0) is 54.2 Å². The topological polar surface area (TPSA) is 12.0 Å². The van der Waals surface area contributed by atoms with Crippen LogP contribution in [0.1, 0.15) is 24.0 Å². The van der Waals surface area contributed by atoms with E-state index < -0.39 is 0 Å². The molecule has 0 bridgehead atoms. The average Bonchev–Trinajstić information content (AvgIpc) is 3.24. The van der Waals surface area contributed by atoms with Crippen LogP contribution in [0.5, 0.6) is 0 Å². The Bertz CT molecular complexity index is 588.